The van der Waals surface area contributed by atoms with Gasteiger partial charge in [-0.15, -0.1) is 0 Å². The van der Waals surface area contributed by atoms with Crippen LogP contribution in [0.25, 0.3) is 0 Å². The van der Waals surface area contributed by atoms with Crippen molar-refractivity contribution in [2.24, 2.45) is 11.8 Å². The average molecular weight is 468 g/mol. The molecule has 0 aromatic heterocycles. The Morgan fingerprint density at radius 3 is 2.62 bits per heavy atom. The summed E-state index contributed by atoms with van der Waals surface area (Å²) in [6, 6.07) is 8.60. The van der Waals surface area contributed by atoms with Crippen LogP contribution in [0, 0.1) is 11.8 Å². The minimum atomic E-state index is -3.44. The highest BCUT2D eigenvalue weighted by Crippen LogP contribution is 2.21. The molecule has 1 amide bonds. The summed E-state index contributed by atoms with van der Waals surface area (Å²) in [6.45, 7) is 11.9. The van der Waals surface area contributed by atoms with Crippen LogP contribution in [0.15, 0.2) is 35.2 Å². The molecule has 1 heterocycles. The first kappa shape index (κ1) is 26.6. The lowest BCUT2D eigenvalue weighted by molar-refractivity contribution is 0.0521. The van der Waals surface area contributed by atoms with Crippen molar-refractivity contribution in [2.45, 2.75) is 63.9 Å². The minimum absolute atomic E-state index is 0.271. The summed E-state index contributed by atoms with van der Waals surface area (Å²) in [7, 11) is -1.78. The highest BCUT2D eigenvalue weighted by molar-refractivity contribution is 7.89. The largest absolute Gasteiger partial charge is 0.444 e. The molecule has 1 saturated heterocycles. The maximum Gasteiger partial charge on any atom is 0.407 e. The Bertz CT molecular complexity index is 808. The Hall–Kier alpha value is -1.64. The first-order valence-electron chi connectivity index (χ1n) is 11.7. The van der Waals surface area contributed by atoms with Gasteiger partial charge in [0.05, 0.1) is 4.90 Å². The topological polar surface area (TPSA) is 79.0 Å². The molecular weight excluding hydrogens is 426 g/mol. The highest BCUT2D eigenvalue weighted by atomic mass is 32.2. The molecule has 1 fully saturated rings. The second-order valence-corrected chi connectivity index (χ2v) is 12.1. The third-order valence-electron chi connectivity index (χ3n) is 5.78. The Kier molecular flexibility index (Phi) is 9.98. The van der Waals surface area contributed by atoms with Gasteiger partial charge in [0.2, 0.25) is 10.0 Å². The van der Waals surface area contributed by atoms with Gasteiger partial charge in [-0.3, -0.25) is 0 Å². The van der Waals surface area contributed by atoms with Crippen LogP contribution in [0.3, 0.4) is 0 Å². The van der Waals surface area contributed by atoms with Crippen LogP contribution in [0.1, 0.15) is 53.4 Å². The lowest BCUT2D eigenvalue weighted by atomic mass is 9.94. The summed E-state index contributed by atoms with van der Waals surface area (Å²) >= 11 is 0. The van der Waals surface area contributed by atoms with Crippen molar-refractivity contribution in [3.63, 3.8) is 0 Å². The number of nitrogens with zero attached hydrogens (tertiary/aromatic N) is 2. The standard InChI is InChI=1S/C24H41N3O4S/c1-20(18-26(5)32(29,30)22-11-7-6-8-12-22)14-17-27-16-9-10-21(19-27)13-15-25-23(28)31-24(2,3)4/h6-8,11-12,20-21H,9-10,13-19H2,1-5H3,(H,25,28)/t20-,21+/m0/s1. The fraction of sp³-hybridized carbons (Fsp3) is 0.708. The number of likely N-dealkylation sites (tertiary alicyclic amines) is 1. The van der Waals surface area contributed by atoms with E-state index in [1.807, 2.05) is 26.8 Å². The third-order valence-corrected chi connectivity index (χ3v) is 7.62. The Morgan fingerprint density at radius 2 is 1.97 bits per heavy atom. The van der Waals surface area contributed by atoms with Gasteiger partial charge in [-0.05, 0) is 83.5 Å². The van der Waals surface area contributed by atoms with E-state index in [0.717, 1.165) is 38.9 Å². The second kappa shape index (κ2) is 12.0. The van der Waals surface area contributed by atoms with E-state index in [9.17, 15) is 13.2 Å². The lowest BCUT2D eigenvalue weighted by Gasteiger charge is -2.33. The molecule has 0 saturated carbocycles. The molecule has 0 aliphatic carbocycles. The van der Waals surface area contributed by atoms with Crippen LogP contribution in [-0.4, -0.2) is 69.1 Å². The molecule has 32 heavy (non-hydrogen) atoms. The molecule has 0 radical (unpaired) electrons. The summed E-state index contributed by atoms with van der Waals surface area (Å²) in [4.78, 5) is 14.6. The molecule has 0 spiro atoms. The molecule has 2 atom stereocenters. The van der Waals surface area contributed by atoms with Crippen molar-refractivity contribution in [3.8, 4) is 0 Å². The normalized spacial score (nSPS) is 19.0. The number of alkyl carbamates (subject to hydrolysis) is 1. The van der Waals surface area contributed by atoms with Gasteiger partial charge < -0.3 is 15.0 Å². The van der Waals surface area contributed by atoms with Crippen molar-refractivity contribution >= 4 is 16.1 Å². The molecular formula is C24H41N3O4S. The van der Waals surface area contributed by atoms with E-state index in [-0.39, 0.29) is 12.0 Å². The van der Waals surface area contributed by atoms with Gasteiger partial charge in [-0.25, -0.2) is 17.5 Å². The molecule has 2 rings (SSSR count). The molecule has 0 unspecified atom stereocenters. The number of benzene rings is 1. The van der Waals surface area contributed by atoms with Crippen LogP contribution in [0.5, 0.6) is 0 Å². The van der Waals surface area contributed by atoms with Crippen LogP contribution >= 0.6 is 0 Å². The molecule has 182 valence electrons. The van der Waals surface area contributed by atoms with Gasteiger partial charge in [0.25, 0.3) is 0 Å². The number of amides is 1. The lowest BCUT2D eigenvalue weighted by Crippen LogP contribution is -2.39. The number of nitrogens with one attached hydrogen (secondary N) is 1. The summed E-state index contributed by atoms with van der Waals surface area (Å²) in [5.74, 6) is 0.836. The van der Waals surface area contributed by atoms with E-state index < -0.39 is 15.6 Å². The maximum absolute atomic E-state index is 12.7. The predicted molar refractivity (Wildman–Crippen MR) is 128 cm³/mol. The number of hydrogen-bond donors (Lipinski definition) is 1. The number of hydrogen-bond acceptors (Lipinski definition) is 5. The summed E-state index contributed by atoms with van der Waals surface area (Å²) in [5, 5.41) is 2.86. The van der Waals surface area contributed by atoms with Gasteiger partial charge in [0.1, 0.15) is 5.60 Å². The van der Waals surface area contributed by atoms with E-state index in [1.165, 1.54) is 10.7 Å². The van der Waals surface area contributed by atoms with E-state index >= 15 is 0 Å². The van der Waals surface area contributed by atoms with Crippen molar-refractivity contribution in [1.82, 2.24) is 14.5 Å². The Labute approximate surface area is 194 Å². The number of rotatable bonds is 10. The first-order valence-corrected chi connectivity index (χ1v) is 13.1. The highest BCUT2D eigenvalue weighted by Gasteiger charge is 2.24. The Morgan fingerprint density at radius 1 is 1.28 bits per heavy atom. The molecule has 8 heteroatoms. The van der Waals surface area contributed by atoms with Crippen LogP contribution in [0.4, 0.5) is 4.79 Å². The zero-order chi connectivity index (χ0) is 23.8. The number of sulfonamides is 1. The molecule has 1 aliphatic rings. The number of piperidine rings is 1. The number of carbonyl (C=O) groups excluding carboxylic acids is 1. The number of ether oxygens (including phenoxy) is 1. The van der Waals surface area contributed by atoms with Gasteiger partial charge >= 0.3 is 6.09 Å². The fourth-order valence-electron chi connectivity index (χ4n) is 4.09. The van der Waals surface area contributed by atoms with Crippen LogP contribution in [0.2, 0.25) is 0 Å². The predicted octanol–water partition coefficient (Wildman–Crippen LogP) is 3.96. The van der Waals surface area contributed by atoms with Gasteiger partial charge in [-0.1, -0.05) is 25.1 Å². The molecule has 1 N–H and O–H groups in total. The molecule has 1 aromatic rings. The van der Waals surface area contributed by atoms with E-state index in [0.29, 0.717) is 23.9 Å². The van der Waals surface area contributed by atoms with Crippen molar-refractivity contribution in [3.05, 3.63) is 30.3 Å². The Balaban J connectivity index is 1.71. The zero-order valence-corrected chi connectivity index (χ0v) is 21.2. The summed E-state index contributed by atoms with van der Waals surface area (Å²) in [5.41, 5.74) is -0.475. The van der Waals surface area contributed by atoms with E-state index in [1.54, 1.807) is 31.3 Å². The maximum atomic E-state index is 12.7. The summed E-state index contributed by atoms with van der Waals surface area (Å²) < 4.78 is 32.2. The SMILES string of the molecule is C[C@@H](CCN1CCC[C@H](CCNC(=O)OC(C)(C)C)C1)CN(C)S(=O)(=O)c1ccccc1. The summed E-state index contributed by atoms with van der Waals surface area (Å²) in [6.07, 6.45) is 3.89. The fourth-order valence-corrected chi connectivity index (χ4v) is 5.40. The van der Waals surface area contributed by atoms with Crippen LogP contribution in [-0.2, 0) is 14.8 Å². The number of carbonyl (C=O) groups is 1. The smallest absolute Gasteiger partial charge is 0.407 e. The van der Waals surface area contributed by atoms with Crippen LogP contribution < -0.4 is 5.32 Å². The van der Waals surface area contributed by atoms with E-state index in [2.05, 4.69) is 17.1 Å². The molecule has 7 nitrogen and oxygen atoms in total. The van der Waals surface area contributed by atoms with Gasteiger partial charge in [-0.2, -0.15) is 0 Å². The van der Waals surface area contributed by atoms with Gasteiger partial charge in [0, 0.05) is 26.7 Å². The van der Waals surface area contributed by atoms with Crippen molar-refractivity contribution in [2.75, 3.05) is 39.8 Å². The second-order valence-electron chi connectivity index (χ2n) is 10.0. The van der Waals surface area contributed by atoms with Crippen molar-refractivity contribution in [1.29, 1.82) is 0 Å². The third kappa shape index (κ3) is 9.08. The minimum Gasteiger partial charge on any atom is -0.444 e. The molecule has 1 aromatic carbocycles. The molecule has 1 aliphatic heterocycles. The van der Waals surface area contributed by atoms with Crippen molar-refractivity contribution < 1.29 is 17.9 Å². The quantitative estimate of drug-likeness (QED) is 0.563. The van der Waals surface area contributed by atoms with Gasteiger partial charge in [0.15, 0.2) is 0 Å². The monoisotopic (exact) mass is 467 g/mol. The first-order chi connectivity index (χ1) is 15.0. The average Bonchev–Trinajstić information content (AvgIpc) is 2.72. The van der Waals surface area contributed by atoms with E-state index in [4.69, 9.17) is 4.74 Å². The zero-order valence-electron chi connectivity index (χ0n) is 20.3. The molecule has 0 bridgehead atoms.